The molecule has 2 aromatic rings. The van der Waals surface area contributed by atoms with Crippen LogP contribution in [0.4, 0.5) is 4.39 Å². The van der Waals surface area contributed by atoms with Gasteiger partial charge in [-0.15, -0.1) is 0 Å². The van der Waals surface area contributed by atoms with Crippen LogP contribution in [0.25, 0.3) is 0 Å². The van der Waals surface area contributed by atoms with Crippen molar-refractivity contribution in [3.05, 3.63) is 64.2 Å². The van der Waals surface area contributed by atoms with Crippen molar-refractivity contribution >= 4 is 17.5 Å². The zero-order valence-corrected chi connectivity index (χ0v) is 11.9. The smallest absolute Gasteiger partial charge is 0.253 e. The number of aromatic nitrogens is 1. The number of rotatable bonds is 3. The normalized spacial score (nSPS) is 12.0. The van der Waals surface area contributed by atoms with Crippen LogP contribution in [0.5, 0.6) is 0 Å². The number of amides is 1. The number of hydrogen-bond acceptors (Lipinski definition) is 2. The van der Waals surface area contributed by atoms with Gasteiger partial charge >= 0.3 is 0 Å². The Morgan fingerprint density at radius 3 is 2.80 bits per heavy atom. The molecule has 1 heterocycles. The molecule has 5 heteroatoms. The van der Waals surface area contributed by atoms with E-state index in [1.807, 2.05) is 0 Å². The number of nitrogens with zero attached hydrogens (tertiary/aromatic N) is 1. The first kappa shape index (κ1) is 14.5. The summed E-state index contributed by atoms with van der Waals surface area (Å²) in [6, 6.07) is 6.13. The van der Waals surface area contributed by atoms with Crippen LogP contribution >= 0.6 is 11.6 Å². The highest BCUT2D eigenvalue weighted by Gasteiger charge is 2.14. The molecule has 1 amide bonds. The molecule has 0 saturated heterocycles. The van der Waals surface area contributed by atoms with Gasteiger partial charge in [-0.3, -0.25) is 9.78 Å². The lowest BCUT2D eigenvalue weighted by atomic mass is 10.1. The maximum atomic E-state index is 13.5. The van der Waals surface area contributed by atoms with Gasteiger partial charge in [0.05, 0.1) is 16.6 Å². The summed E-state index contributed by atoms with van der Waals surface area (Å²) >= 11 is 5.91. The van der Waals surface area contributed by atoms with E-state index in [2.05, 4.69) is 10.3 Å². The summed E-state index contributed by atoms with van der Waals surface area (Å²) in [5.74, 6) is -0.601. The molecule has 0 aliphatic carbocycles. The molecular formula is C15H14ClFN2O. The minimum Gasteiger partial charge on any atom is -0.345 e. The molecule has 1 atom stereocenters. The third kappa shape index (κ3) is 3.14. The Bertz CT molecular complexity index is 646. The molecule has 0 saturated carbocycles. The van der Waals surface area contributed by atoms with Crippen molar-refractivity contribution in [2.24, 2.45) is 0 Å². The quantitative estimate of drug-likeness (QED) is 0.938. The summed E-state index contributed by atoms with van der Waals surface area (Å²) < 4.78 is 13.5. The number of halogens is 2. The van der Waals surface area contributed by atoms with Gasteiger partial charge < -0.3 is 5.32 Å². The predicted octanol–water partition coefficient (Wildman–Crippen LogP) is 3.67. The molecule has 0 aliphatic rings. The first-order chi connectivity index (χ1) is 9.49. The molecule has 0 bridgehead atoms. The fraction of sp³-hybridized carbons (Fsp3) is 0.200. The Hall–Kier alpha value is -1.94. The average molecular weight is 293 g/mol. The Kier molecular flexibility index (Phi) is 4.35. The SMILES string of the molecule is Cc1ccc(C(C)NC(=O)c2ccncc2Cl)cc1F. The van der Waals surface area contributed by atoms with Crippen molar-refractivity contribution in [2.75, 3.05) is 0 Å². The van der Waals surface area contributed by atoms with E-state index in [-0.39, 0.29) is 22.8 Å². The summed E-state index contributed by atoms with van der Waals surface area (Å²) in [7, 11) is 0. The van der Waals surface area contributed by atoms with Crippen LogP contribution in [0, 0.1) is 12.7 Å². The number of benzene rings is 1. The van der Waals surface area contributed by atoms with Crippen molar-refractivity contribution in [3.63, 3.8) is 0 Å². The lowest BCUT2D eigenvalue weighted by Gasteiger charge is -2.15. The van der Waals surface area contributed by atoms with Gasteiger partial charge in [0.2, 0.25) is 0 Å². The maximum absolute atomic E-state index is 13.5. The van der Waals surface area contributed by atoms with Crippen molar-refractivity contribution < 1.29 is 9.18 Å². The Morgan fingerprint density at radius 1 is 1.40 bits per heavy atom. The monoisotopic (exact) mass is 292 g/mol. The third-order valence-corrected chi connectivity index (χ3v) is 3.36. The van der Waals surface area contributed by atoms with Gasteiger partial charge in [0.25, 0.3) is 5.91 Å². The summed E-state index contributed by atoms with van der Waals surface area (Å²) in [5, 5.41) is 3.07. The van der Waals surface area contributed by atoms with Gasteiger partial charge in [0.15, 0.2) is 0 Å². The molecular weight excluding hydrogens is 279 g/mol. The van der Waals surface area contributed by atoms with Gasteiger partial charge in [-0.2, -0.15) is 0 Å². The lowest BCUT2D eigenvalue weighted by Crippen LogP contribution is -2.27. The number of nitrogens with one attached hydrogen (secondary N) is 1. The summed E-state index contributed by atoms with van der Waals surface area (Å²) in [6.07, 6.45) is 2.91. The predicted molar refractivity (Wildman–Crippen MR) is 76.3 cm³/mol. The summed E-state index contributed by atoms with van der Waals surface area (Å²) in [6.45, 7) is 3.48. The van der Waals surface area contributed by atoms with Crippen molar-refractivity contribution in [3.8, 4) is 0 Å². The molecule has 1 unspecified atom stereocenters. The minimum atomic E-state index is -0.318. The fourth-order valence-corrected chi connectivity index (χ4v) is 2.00. The van der Waals surface area contributed by atoms with E-state index in [9.17, 15) is 9.18 Å². The van der Waals surface area contributed by atoms with Crippen molar-refractivity contribution in [1.29, 1.82) is 0 Å². The number of carbonyl (C=O) groups excluding carboxylic acids is 1. The van der Waals surface area contributed by atoms with E-state index >= 15 is 0 Å². The van der Waals surface area contributed by atoms with Crippen LogP contribution in [0.15, 0.2) is 36.7 Å². The molecule has 1 N–H and O–H groups in total. The number of hydrogen-bond donors (Lipinski definition) is 1. The Morgan fingerprint density at radius 2 is 2.15 bits per heavy atom. The molecule has 104 valence electrons. The Labute approximate surface area is 121 Å². The summed E-state index contributed by atoms with van der Waals surface area (Å²) in [4.78, 5) is 15.9. The van der Waals surface area contributed by atoms with Crippen LogP contribution in [0.1, 0.15) is 34.5 Å². The highest BCUT2D eigenvalue weighted by molar-refractivity contribution is 6.33. The van der Waals surface area contributed by atoms with Crippen LogP contribution in [0.2, 0.25) is 5.02 Å². The second-order valence-electron chi connectivity index (χ2n) is 4.56. The molecule has 1 aromatic carbocycles. The van der Waals surface area contributed by atoms with Crippen LogP contribution in [-0.2, 0) is 0 Å². The van der Waals surface area contributed by atoms with E-state index in [4.69, 9.17) is 11.6 Å². The van der Waals surface area contributed by atoms with Gasteiger partial charge in [-0.05, 0) is 37.1 Å². The zero-order chi connectivity index (χ0) is 14.7. The number of pyridine rings is 1. The summed E-state index contributed by atoms with van der Waals surface area (Å²) in [5.41, 5.74) is 1.62. The van der Waals surface area contributed by atoms with E-state index in [0.29, 0.717) is 16.7 Å². The first-order valence-electron chi connectivity index (χ1n) is 6.15. The van der Waals surface area contributed by atoms with Gasteiger partial charge in [0.1, 0.15) is 5.82 Å². The third-order valence-electron chi connectivity index (χ3n) is 3.06. The molecule has 0 radical (unpaired) electrons. The molecule has 2 rings (SSSR count). The molecule has 1 aromatic heterocycles. The maximum Gasteiger partial charge on any atom is 0.253 e. The van der Waals surface area contributed by atoms with Crippen molar-refractivity contribution in [2.45, 2.75) is 19.9 Å². The second-order valence-corrected chi connectivity index (χ2v) is 4.97. The highest BCUT2D eigenvalue weighted by atomic mass is 35.5. The molecule has 0 fully saturated rings. The van der Waals surface area contributed by atoms with Crippen LogP contribution in [-0.4, -0.2) is 10.9 Å². The molecule has 0 aliphatic heterocycles. The van der Waals surface area contributed by atoms with Gasteiger partial charge in [-0.1, -0.05) is 23.7 Å². The highest BCUT2D eigenvalue weighted by Crippen LogP contribution is 2.18. The average Bonchev–Trinajstić information content (AvgIpc) is 2.42. The largest absolute Gasteiger partial charge is 0.345 e. The van der Waals surface area contributed by atoms with E-state index in [1.54, 1.807) is 32.0 Å². The fourth-order valence-electron chi connectivity index (χ4n) is 1.80. The van der Waals surface area contributed by atoms with Crippen LogP contribution < -0.4 is 5.32 Å². The number of aryl methyl sites for hydroxylation is 1. The molecule has 3 nitrogen and oxygen atoms in total. The zero-order valence-electron chi connectivity index (χ0n) is 11.2. The Balaban J connectivity index is 2.15. The van der Waals surface area contributed by atoms with Crippen LogP contribution in [0.3, 0.4) is 0 Å². The van der Waals surface area contributed by atoms with Gasteiger partial charge in [-0.25, -0.2) is 4.39 Å². The molecule has 20 heavy (non-hydrogen) atoms. The van der Waals surface area contributed by atoms with E-state index in [0.717, 1.165) is 0 Å². The number of carbonyl (C=O) groups is 1. The van der Waals surface area contributed by atoms with Crippen molar-refractivity contribution in [1.82, 2.24) is 10.3 Å². The lowest BCUT2D eigenvalue weighted by molar-refractivity contribution is 0.0940. The van der Waals surface area contributed by atoms with E-state index in [1.165, 1.54) is 18.5 Å². The molecule has 0 spiro atoms. The second kappa shape index (κ2) is 6.01. The van der Waals surface area contributed by atoms with Gasteiger partial charge in [0, 0.05) is 12.4 Å². The van der Waals surface area contributed by atoms with E-state index < -0.39 is 0 Å². The topological polar surface area (TPSA) is 42.0 Å². The minimum absolute atomic E-state index is 0.285. The first-order valence-corrected chi connectivity index (χ1v) is 6.53. The standard InChI is InChI=1S/C15H14ClFN2O/c1-9-3-4-11(7-14(9)17)10(2)19-15(20)12-5-6-18-8-13(12)16/h3-8,10H,1-2H3,(H,19,20).